The largest absolute Gasteiger partial charge is 0.506 e. The van der Waals surface area contributed by atoms with Gasteiger partial charge in [-0.2, -0.15) is 0 Å². The summed E-state index contributed by atoms with van der Waals surface area (Å²) in [6.45, 7) is 1.90. The number of nitrogens with one attached hydrogen (secondary N) is 2. The molecule has 0 bridgehead atoms. The van der Waals surface area contributed by atoms with Crippen molar-refractivity contribution in [1.82, 2.24) is 14.8 Å². The van der Waals surface area contributed by atoms with Crippen LogP contribution in [0.25, 0.3) is 10.2 Å². The Morgan fingerprint density at radius 3 is 2.53 bits per heavy atom. The topological polar surface area (TPSA) is 163 Å². The number of aromatic nitrogens is 1. The Morgan fingerprint density at radius 1 is 1.09 bits per heavy atom. The number of nitrogens with zero attached hydrogens (tertiary/aromatic N) is 2. The van der Waals surface area contributed by atoms with Gasteiger partial charge >= 0.3 is 10.8 Å². The number of carbonyl (C=O) groups excluding carboxylic acids is 2. The van der Waals surface area contributed by atoms with Crippen LogP contribution in [-0.4, -0.2) is 75.6 Å². The van der Waals surface area contributed by atoms with Gasteiger partial charge in [-0.05, 0) is 98.4 Å². The lowest BCUT2D eigenvalue weighted by molar-refractivity contribution is -0.169. The molecule has 1 fully saturated rings. The molecule has 2 aromatic carbocycles. The molecule has 1 aliphatic heterocycles. The minimum absolute atomic E-state index is 0.000223. The molecule has 53 heavy (non-hydrogen) atoms. The van der Waals surface area contributed by atoms with Crippen molar-refractivity contribution in [3.63, 3.8) is 0 Å². The number of aryl methyl sites for hydroxylation is 1. The van der Waals surface area contributed by atoms with E-state index in [1.54, 1.807) is 18.2 Å². The van der Waals surface area contributed by atoms with Gasteiger partial charge in [0.1, 0.15) is 17.5 Å². The summed E-state index contributed by atoms with van der Waals surface area (Å²) < 4.78 is 14.2. The summed E-state index contributed by atoms with van der Waals surface area (Å²) in [7, 11) is 2.11. The molecule has 0 radical (unpaired) electrons. The van der Waals surface area contributed by atoms with Crippen LogP contribution in [0.15, 0.2) is 70.2 Å². The number of ether oxygens (including phenoxy) is 2. The third-order valence-electron chi connectivity index (χ3n) is 10.0. The van der Waals surface area contributed by atoms with E-state index in [-0.39, 0.29) is 47.2 Å². The normalized spacial score (nSPS) is 18.1. The monoisotopic (exact) mass is 778 g/mol. The molecule has 5 N–H and O–H groups in total. The highest BCUT2D eigenvalue weighted by Gasteiger charge is 2.45. The standard InChI is InChI=1S/C38H42N4O8S3/c1-41(24-8-10-25(11-9-24)50-36(46)38(48,31-5-2-17-51-31)32-6-3-18-52-32)15-4-16-42-27-13-7-23(19-30(27)53-37(42)47)20-39-21-29(44)26-12-14-28(43)34-35(26)49-22-33(45)40-34/h2-3,5-7,12-14,17-19,24-25,29,39,43-44,48H,4,8-11,15-16,20-22H2,1H3,(H,40,45)/t24?,25?,29-/m0/s1. The zero-order chi connectivity index (χ0) is 37.1. The number of carbonyl (C=O) groups is 2. The van der Waals surface area contributed by atoms with E-state index in [1.165, 1.54) is 40.1 Å². The van der Waals surface area contributed by atoms with Gasteiger partial charge in [0.05, 0.1) is 26.1 Å². The van der Waals surface area contributed by atoms with Crippen LogP contribution in [-0.2, 0) is 33.0 Å². The second-order valence-corrected chi connectivity index (χ2v) is 16.4. The van der Waals surface area contributed by atoms with Gasteiger partial charge in [-0.1, -0.05) is 29.5 Å². The van der Waals surface area contributed by atoms with E-state index in [2.05, 4.69) is 22.6 Å². The number of benzene rings is 2. The number of rotatable bonds is 14. The van der Waals surface area contributed by atoms with E-state index >= 15 is 0 Å². The van der Waals surface area contributed by atoms with Crippen molar-refractivity contribution >= 4 is 61.8 Å². The highest BCUT2D eigenvalue weighted by Crippen LogP contribution is 2.42. The van der Waals surface area contributed by atoms with Gasteiger partial charge in [0, 0.05) is 31.2 Å². The first kappa shape index (κ1) is 37.2. The van der Waals surface area contributed by atoms with Crippen molar-refractivity contribution in [2.45, 2.75) is 69.0 Å². The number of aliphatic hydroxyl groups is 2. The van der Waals surface area contributed by atoms with E-state index < -0.39 is 17.7 Å². The number of thiazole rings is 1. The van der Waals surface area contributed by atoms with Gasteiger partial charge in [-0.15, -0.1) is 22.7 Å². The number of hydrogen-bond donors (Lipinski definition) is 5. The van der Waals surface area contributed by atoms with E-state index in [0.29, 0.717) is 34.4 Å². The Kier molecular flexibility index (Phi) is 11.3. The van der Waals surface area contributed by atoms with E-state index in [4.69, 9.17) is 9.47 Å². The lowest BCUT2D eigenvalue weighted by atomic mass is 9.91. The second kappa shape index (κ2) is 16.1. The van der Waals surface area contributed by atoms with Crippen LogP contribution in [0, 0.1) is 0 Å². The number of aliphatic hydroxyl groups excluding tert-OH is 1. The number of aromatic hydroxyl groups is 1. The smallest absolute Gasteiger partial charge is 0.349 e. The molecule has 0 unspecified atom stereocenters. The zero-order valence-electron chi connectivity index (χ0n) is 29.2. The molecule has 1 atom stereocenters. The van der Waals surface area contributed by atoms with Crippen LogP contribution >= 0.6 is 34.0 Å². The third-order valence-corrected chi connectivity index (χ3v) is 12.9. The highest BCUT2D eigenvalue weighted by molar-refractivity contribution is 7.16. The molecule has 0 spiro atoms. The first-order valence-corrected chi connectivity index (χ1v) is 20.2. The maximum Gasteiger partial charge on any atom is 0.349 e. The van der Waals surface area contributed by atoms with Crippen LogP contribution < -0.4 is 20.2 Å². The summed E-state index contributed by atoms with van der Waals surface area (Å²) in [5.74, 6) is -0.854. The average Bonchev–Trinajstić information content (AvgIpc) is 3.95. The molecule has 1 aliphatic carbocycles. The molecule has 2 aliphatic rings. The fraction of sp³-hybridized carbons (Fsp3) is 0.395. The Balaban J connectivity index is 0.874. The molecule has 1 amide bonds. The van der Waals surface area contributed by atoms with Crippen LogP contribution in [0.3, 0.4) is 0 Å². The fourth-order valence-electron chi connectivity index (χ4n) is 7.13. The van der Waals surface area contributed by atoms with Crippen molar-refractivity contribution in [3.8, 4) is 11.5 Å². The third kappa shape index (κ3) is 7.92. The van der Waals surface area contributed by atoms with Gasteiger partial charge in [0.25, 0.3) is 5.91 Å². The average molecular weight is 779 g/mol. The molecule has 15 heteroatoms. The number of phenols is 1. The Bertz CT molecular complexity index is 2070. The first-order chi connectivity index (χ1) is 25.6. The summed E-state index contributed by atoms with van der Waals surface area (Å²) in [5.41, 5.74) is 0.694. The summed E-state index contributed by atoms with van der Waals surface area (Å²) in [6.07, 6.45) is 2.83. The molecule has 280 valence electrons. The van der Waals surface area contributed by atoms with Crippen molar-refractivity contribution in [2.24, 2.45) is 0 Å². The zero-order valence-corrected chi connectivity index (χ0v) is 31.6. The van der Waals surface area contributed by atoms with Gasteiger partial charge in [0.15, 0.2) is 12.4 Å². The molecule has 0 saturated heterocycles. The molecular weight excluding hydrogens is 737 g/mol. The van der Waals surface area contributed by atoms with Crippen LogP contribution in [0.2, 0.25) is 0 Å². The minimum Gasteiger partial charge on any atom is -0.506 e. The fourth-order valence-corrected chi connectivity index (χ4v) is 9.82. The van der Waals surface area contributed by atoms with Gasteiger partial charge in [-0.25, -0.2) is 4.79 Å². The predicted molar refractivity (Wildman–Crippen MR) is 206 cm³/mol. The van der Waals surface area contributed by atoms with Gasteiger partial charge < -0.3 is 40.3 Å². The Hall–Kier alpha value is -4.09. The summed E-state index contributed by atoms with van der Waals surface area (Å²) in [5, 5.41) is 42.0. The van der Waals surface area contributed by atoms with Crippen molar-refractivity contribution in [1.29, 1.82) is 0 Å². The number of hydrogen-bond acceptors (Lipinski definition) is 13. The quantitative estimate of drug-likeness (QED) is 0.0753. The molecule has 5 aromatic rings. The number of fused-ring (bicyclic) bond motifs is 2. The number of thiophene rings is 2. The summed E-state index contributed by atoms with van der Waals surface area (Å²) >= 11 is 3.90. The maximum atomic E-state index is 13.4. The first-order valence-electron chi connectivity index (χ1n) is 17.6. The van der Waals surface area contributed by atoms with Crippen LogP contribution in [0.1, 0.15) is 59.1 Å². The van der Waals surface area contributed by atoms with Crippen molar-refractivity contribution in [2.75, 3.05) is 32.1 Å². The van der Waals surface area contributed by atoms with Gasteiger partial charge in [-0.3, -0.25) is 14.2 Å². The van der Waals surface area contributed by atoms with Crippen molar-refractivity contribution < 1.29 is 34.4 Å². The molecule has 7 rings (SSSR count). The predicted octanol–water partition coefficient (Wildman–Crippen LogP) is 5.16. The number of anilines is 1. The Labute approximate surface area is 318 Å². The van der Waals surface area contributed by atoms with Crippen molar-refractivity contribution in [3.05, 3.63) is 95.9 Å². The summed E-state index contributed by atoms with van der Waals surface area (Å²) in [4.78, 5) is 41.5. The Morgan fingerprint density at radius 2 is 1.83 bits per heavy atom. The molecule has 12 nitrogen and oxygen atoms in total. The van der Waals surface area contributed by atoms with Crippen LogP contribution in [0.5, 0.6) is 11.5 Å². The van der Waals surface area contributed by atoms with E-state index in [1.807, 2.05) is 45.7 Å². The number of phenolic OH excluding ortho intramolecular Hbond substituents is 1. The lowest BCUT2D eigenvalue weighted by Gasteiger charge is -2.35. The van der Waals surface area contributed by atoms with Gasteiger partial charge in [0.2, 0.25) is 5.60 Å². The number of esters is 1. The molecule has 3 aromatic heterocycles. The van der Waals surface area contributed by atoms with E-state index in [0.717, 1.165) is 54.4 Å². The SMILES string of the molecule is CN(CCCn1c(=O)sc2cc(CNC[C@H](O)c3ccc(O)c4c3OCC(=O)N4)ccc21)C1CCC(OC(=O)C(O)(c2cccs2)c2cccs2)CC1. The highest BCUT2D eigenvalue weighted by atomic mass is 32.1. The summed E-state index contributed by atoms with van der Waals surface area (Å²) in [6, 6.07) is 16.5. The molecule has 4 heterocycles. The lowest BCUT2D eigenvalue weighted by Crippen LogP contribution is -2.42. The number of amides is 1. The molecule has 1 saturated carbocycles. The molecular formula is C38H42N4O8S3. The van der Waals surface area contributed by atoms with E-state index in [9.17, 15) is 29.7 Å². The minimum atomic E-state index is -1.80. The van der Waals surface area contributed by atoms with Crippen LogP contribution in [0.4, 0.5) is 5.69 Å². The second-order valence-electron chi connectivity index (χ2n) is 13.5. The maximum absolute atomic E-state index is 13.4.